The summed E-state index contributed by atoms with van der Waals surface area (Å²) >= 11 is 0. The van der Waals surface area contributed by atoms with Gasteiger partial charge in [0.05, 0.1) is 12.1 Å². The number of hydrogen-bond donors (Lipinski definition) is 1. The van der Waals surface area contributed by atoms with E-state index in [1.807, 2.05) is 30.8 Å². The first kappa shape index (κ1) is 15.7. The second-order valence-corrected chi connectivity index (χ2v) is 5.05. The number of carboxylic acid groups (broad SMARTS) is 1. The minimum atomic E-state index is -0.754. The summed E-state index contributed by atoms with van der Waals surface area (Å²) in [6, 6.07) is 2.44. The summed E-state index contributed by atoms with van der Waals surface area (Å²) in [5, 5.41) is 13.4. The molecule has 19 heavy (non-hydrogen) atoms. The number of carbonyl (C=O) groups is 1. The Hall–Kier alpha value is -1.36. The highest BCUT2D eigenvalue weighted by atomic mass is 16.4. The van der Waals surface area contributed by atoms with Crippen molar-refractivity contribution in [1.29, 1.82) is 0 Å². The van der Waals surface area contributed by atoms with E-state index in [1.165, 1.54) is 0 Å². The Labute approximate surface area is 115 Å². The molecule has 1 N–H and O–H groups in total. The largest absolute Gasteiger partial charge is 0.481 e. The summed E-state index contributed by atoms with van der Waals surface area (Å²) in [7, 11) is 0. The monoisotopic (exact) mass is 267 g/mol. The zero-order valence-electron chi connectivity index (χ0n) is 12.3. The highest BCUT2D eigenvalue weighted by molar-refractivity contribution is 5.67. The van der Waals surface area contributed by atoms with Gasteiger partial charge >= 0.3 is 5.97 Å². The van der Waals surface area contributed by atoms with Gasteiger partial charge in [-0.25, -0.2) is 0 Å². The third-order valence-corrected chi connectivity index (χ3v) is 3.57. The van der Waals surface area contributed by atoms with Crippen molar-refractivity contribution >= 4 is 5.97 Å². The standard InChI is InChI=1S/C14H25N3O2/c1-5-11(3)17-8-7-13(15-17)10-16(6-2)12(4)9-14(18)19/h7-8,11-12H,5-6,9-10H2,1-4H3,(H,18,19). The molecule has 5 nitrogen and oxygen atoms in total. The average molecular weight is 267 g/mol. The minimum Gasteiger partial charge on any atom is -0.481 e. The van der Waals surface area contributed by atoms with Crippen LogP contribution in [-0.2, 0) is 11.3 Å². The Morgan fingerprint density at radius 3 is 2.68 bits per heavy atom. The fraction of sp³-hybridized carbons (Fsp3) is 0.714. The second kappa shape index (κ2) is 7.28. The van der Waals surface area contributed by atoms with E-state index in [9.17, 15) is 4.79 Å². The van der Waals surface area contributed by atoms with Crippen LogP contribution in [0, 0.1) is 0 Å². The van der Waals surface area contributed by atoms with E-state index in [1.54, 1.807) is 0 Å². The van der Waals surface area contributed by atoms with Crippen molar-refractivity contribution in [2.24, 2.45) is 0 Å². The molecule has 1 aromatic heterocycles. The lowest BCUT2D eigenvalue weighted by Gasteiger charge is -2.25. The van der Waals surface area contributed by atoms with Crippen molar-refractivity contribution in [2.75, 3.05) is 6.54 Å². The SMILES string of the molecule is CCC(C)n1ccc(CN(CC)C(C)CC(=O)O)n1. The van der Waals surface area contributed by atoms with Crippen molar-refractivity contribution in [3.05, 3.63) is 18.0 Å². The zero-order chi connectivity index (χ0) is 14.4. The molecule has 1 aromatic rings. The lowest BCUT2D eigenvalue weighted by molar-refractivity contribution is -0.138. The summed E-state index contributed by atoms with van der Waals surface area (Å²) < 4.78 is 1.98. The number of carboxylic acids is 1. The van der Waals surface area contributed by atoms with E-state index in [2.05, 4.69) is 23.8 Å². The van der Waals surface area contributed by atoms with Crippen LogP contribution in [0.4, 0.5) is 0 Å². The minimum absolute atomic E-state index is 0.0243. The third kappa shape index (κ3) is 4.67. The molecule has 0 aromatic carbocycles. The second-order valence-electron chi connectivity index (χ2n) is 5.05. The quantitative estimate of drug-likeness (QED) is 0.786. The van der Waals surface area contributed by atoms with Crippen LogP contribution >= 0.6 is 0 Å². The fourth-order valence-corrected chi connectivity index (χ4v) is 2.06. The summed E-state index contributed by atoms with van der Waals surface area (Å²) in [6.45, 7) is 9.80. The van der Waals surface area contributed by atoms with Gasteiger partial charge in [0.2, 0.25) is 0 Å². The van der Waals surface area contributed by atoms with Crippen LogP contribution < -0.4 is 0 Å². The van der Waals surface area contributed by atoms with E-state index in [0.717, 1.165) is 18.7 Å². The lowest BCUT2D eigenvalue weighted by Crippen LogP contribution is -2.34. The molecule has 0 fully saturated rings. The van der Waals surface area contributed by atoms with Crippen LogP contribution in [0.25, 0.3) is 0 Å². The Morgan fingerprint density at radius 1 is 1.47 bits per heavy atom. The molecule has 1 rings (SSSR count). The number of rotatable bonds is 8. The highest BCUT2D eigenvalue weighted by Gasteiger charge is 2.17. The first-order valence-corrected chi connectivity index (χ1v) is 6.97. The van der Waals surface area contributed by atoms with Gasteiger partial charge in [-0.05, 0) is 32.9 Å². The molecule has 0 aliphatic heterocycles. The molecule has 2 unspecified atom stereocenters. The van der Waals surface area contributed by atoms with Crippen LogP contribution in [0.3, 0.4) is 0 Å². The van der Waals surface area contributed by atoms with Gasteiger partial charge in [-0.1, -0.05) is 13.8 Å². The average Bonchev–Trinajstić information content (AvgIpc) is 2.82. The van der Waals surface area contributed by atoms with Gasteiger partial charge in [0.25, 0.3) is 0 Å². The van der Waals surface area contributed by atoms with Crippen LogP contribution in [0.1, 0.15) is 52.3 Å². The van der Waals surface area contributed by atoms with Crippen molar-refractivity contribution in [3.63, 3.8) is 0 Å². The van der Waals surface area contributed by atoms with Crippen LogP contribution in [0.2, 0.25) is 0 Å². The number of aromatic nitrogens is 2. The predicted molar refractivity (Wildman–Crippen MR) is 75.0 cm³/mol. The number of aliphatic carboxylic acids is 1. The van der Waals surface area contributed by atoms with Crippen molar-refractivity contribution < 1.29 is 9.90 Å². The summed E-state index contributed by atoms with van der Waals surface area (Å²) in [5.74, 6) is -0.754. The van der Waals surface area contributed by atoms with Gasteiger partial charge < -0.3 is 5.11 Å². The van der Waals surface area contributed by atoms with Crippen LogP contribution in [0.15, 0.2) is 12.3 Å². The molecule has 108 valence electrons. The Balaban J connectivity index is 2.65. The highest BCUT2D eigenvalue weighted by Crippen LogP contribution is 2.12. The first-order valence-electron chi connectivity index (χ1n) is 6.97. The maximum Gasteiger partial charge on any atom is 0.304 e. The first-order chi connectivity index (χ1) is 8.97. The van der Waals surface area contributed by atoms with Crippen LogP contribution in [0.5, 0.6) is 0 Å². The maximum absolute atomic E-state index is 10.8. The Kier molecular flexibility index (Phi) is 6.02. The Bertz CT molecular complexity index is 403. The smallest absolute Gasteiger partial charge is 0.304 e. The van der Waals surface area contributed by atoms with E-state index in [0.29, 0.717) is 12.6 Å². The van der Waals surface area contributed by atoms with E-state index in [-0.39, 0.29) is 12.5 Å². The number of hydrogen-bond acceptors (Lipinski definition) is 3. The van der Waals surface area contributed by atoms with Crippen molar-refractivity contribution in [1.82, 2.24) is 14.7 Å². The molecule has 0 amide bonds. The van der Waals surface area contributed by atoms with Gasteiger partial charge in [-0.2, -0.15) is 5.10 Å². The molecule has 0 spiro atoms. The Morgan fingerprint density at radius 2 is 2.16 bits per heavy atom. The summed E-state index contributed by atoms with van der Waals surface area (Å²) in [6.07, 6.45) is 3.22. The summed E-state index contributed by atoms with van der Waals surface area (Å²) in [4.78, 5) is 12.9. The van der Waals surface area contributed by atoms with Crippen molar-refractivity contribution in [3.8, 4) is 0 Å². The molecule has 0 radical (unpaired) electrons. The van der Waals surface area contributed by atoms with Crippen LogP contribution in [-0.4, -0.2) is 38.3 Å². The van der Waals surface area contributed by atoms with Gasteiger partial charge in [0, 0.05) is 24.8 Å². The third-order valence-electron chi connectivity index (χ3n) is 3.57. The molecule has 0 saturated heterocycles. The molecule has 0 bridgehead atoms. The van der Waals surface area contributed by atoms with Gasteiger partial charge in [-0.3, -0.25) is 14.4 Å². The molecule has 5 heteroatoms. The van der Waals surface area contributed by atoms with Crippen molar-refractivity contribution in [2.45, 2.75) is 59.2 Å². The molecular weight excluding hydrogens is 242 g/mol. The van der Waals surface area contributed by atoms with Gasteiger partial charge in [0.15, 0.2) is 0 Å². The van der Waals surface area contributed by atoms with E-state index >= 15 is 0 Å². The molecular formula is C14H25N3O2. The number of nitrogens with zero attached hydrogens (tertiary/aromatic N) is 3. The lowest BCUT2D eigenvalue weighted by atomic mass is 10.2. The maximum atomic E-state index is 10.8. The molecule has 2 atom stereocenters. The molecule has 0 saturated carbocycles. The van der Waals surface area contributed by atoms with Gasteiger partial charge in [-0.15, -0.1) is 0 Å². The molecule has 0 aliphatic carbocycles. The fourth-order valence-electron chi connectivity index (χ4n) is 2.06. The van der Waals surface area contributed by atoms with E-state index in [4.69, 9.17) is 5.11 Å². The van der Waals surface area contributed by atoms with Gasteiger partial charge in [0.1, 0.15) is 0 Å². The molecule has 0 aliphatic rings. The van der Waals surface area contributed by atoms with E-state index < -0.39 is 5.97 Å². The summed E-state index contributed by atoms with van der Waals surface area (Å²) in [5.41, 5.74) is 0.999. The molecule has 1 heterocycles. The zero-order valence-corrected chi connectivity index (χ0v) is 12.3. The normalized spacial score (nSPS) is 14.6. The predicted octanol–water partition coefficient (Wildman–Crippen LogP) is 2.54. The topological polar surface area (TPSA) is 58.4 Å².